The van der Waals surface area contributed by atoms with Crippen molar-refractivity contribution >= 4 is 5.78 Å². The first-order chi connectivity index (χ1) is 8.56. The van der Waals surface area contributed by atoms with Gasteiger partial charge in [-0.25, -0.2) is 8.78 Å². The van der Waals surface area contributed by atoms with Crippen LogP contribution in [0.1, 0.15) is 36.5 Å². The van der Waals surface area contributed by atoms with Gasteiger partial charge in [-0.3, -0.25) is 4.79 Å². The van der Waals surface area contributed by atoms with Crippen molar-refractivity contribution in [3.8, 4) is 0 Å². The van der Waals surface area contributed by atoms with Gasteiger partial charge in [0.2, 0.25) is 0 Å². The summed E-state index contributed by atoms with van der Waals surface area (Å²) in [5.41, 5.74) is 0.244. The highest BCUT2D eigenvalue weighted by molar-refractivity contribution is 5.96. The topological polar surface area (TPSA) is 29.1 Å². The van der Waals surface area contributed by atoms with Crippen LogP contribution in [-0.2, 0) is 0 Å². The minimum atomic E-state index is -0.967. The fraction of sp³-hybridized carbons (Fsp3) is 0.500. The molecule has 1 aromatic rings. The zero-order valence-electron chi connectivity index (χ0n) is 10.4. The number of hydrogen-bond donors (Lipinski definition) is 1. The van der Waals surface area contributed by atoms with Gasteiger partial charge in [-0.05, 0) is 43.5 Å². The Morgan fingerprint density at radius 2 is 2.17 bits per heavy atom. The molecule has 1 fully saturated rings. The third kappa shape index (κ3) is 3.13. The molecule has 18 heavy (non-hydrogen) atoms. The Balaban J connectivity index is 2.00. The predicted octanol–water partition coefficient (Wildman–Crippen LogP) is 2.93. The van der Waals surface area contributed by atoms with Gasteiger partial charge in [0.05, 0.1) is 0 Å². The summed E-state index contributed by atoms with van der Waals surface area (Å²) in [5.74, 6) is -1.42. The molecule has 0 amide bonds. The molecule has 98 valence electrons. The molecule has 1 heterocycles. The van der Waals surface area contributed by atoms with Crippen LogP contribution in [0.25, 0.3) is 0 Å². The minimum absolute atomic E-state index is 0.138. The monoisotopic (exact) mass is 253 g/mol. The standard InChI is InChI=1S/C14H17F2NO/c1-9-4-5-17-11(6-9)8-14(18)10-2-3-12(15)13(16)7-10/h2-3,7,9,11,17H,4-6,8H2,1H3. The van der Waals surface area contributed by atoms with E-state index in [2.05, 4.69) is 12.2 Å². The zero-order valence-corrected chi connectivity index (χ0v) is 10.4. The Kier molecular flexibility index (Phi) is 4.07. The van der Waals surface area contributed by atoms with E-state index in [1.165, 1.54) is 6.07 Å². The van der Waals surface area contributed by atoms with E-state index >= 15 is 0 Å². The maximum atomic E-state index is 13.0. The Morgan fingerprint density at radius 3 is 2.83 bits per heavy atom. The highest BCUT2D eigenvalue weighted by Gasteiger charge is 2.21. The molecule has 2 nitrogen and oxygen atoms in total. The average Bonchev–Trinajstić information content (AvgIpc) is 2.32. The molecule has 0 aliphatic carbocycles. The number of hydrogen-bond acceptors (Lipinski definition) is 2. The lowest BCUT2D eigenvalue weighted by Gasteiger charge is -2.27. The first kappa shape index (κ1) is 13.1. The fourth-order valence-electron chi connectivity index (χ4n) is 2.39. The van der Waals surface area contributed by atoms with Crippen molar-refractivity contribution in [2.45, 2.75) is 32.2 Å². The zero-order chi connectivity index (χ0) is 13.1. The van der Waals surface area contributed by atoms with Crippen LogP contribution in [0, 0.1) is 17.6 Å². The largest absolute Gasteiger partial charge is 0.314 e. The van der Waals surface area contributed by atoms with Gasteiger partial charge in [-0.2, -0.15) is 0 Å². The van der Waals surface area contributed by atoms with Crippen LogP contribution in [-0.4, -0.2) is 18.4 Å². The van der Waals surface area contributed by atoms with E-state index in [0.717, 1.165) is 31.5 Å². The van der Waals surface area contributed by atoms with Crippen molar-refractivity contribution in [1.29, 1.82) is 0 Å². The van der Waals surface area contributed by atoms with Crippen molar-refractivity contribution in [1.82, 2.24) is 5.32 Å². The smallest absolute Gasteiger partial charge is 0.164 e. The molecule has 1 N–H and O–H groups in total. The van der Waals surface area contributed by atoms with Crippen LogP contribution in [0.3, 0.4) is 0 Å². The number of halogens is 2. The summed E-state index contributed by atoms with van der Waals surface area (Å²) in [4.78, 5) is 12.0. The van der Waals surface area contributed by atoms with E-state index in [1.807, 2.05) is 0 Å². The number of carbonyl (C=O) groups excluding carboxylic acids is 1. The summed E-state index contributed by atoms with van der Waals surface area (Å²) in [5, 5.41) is 3.29. The highest BCUT2D eigenvalue weighted by atomic mass is 19.2. The van der Waals surface area contributed by atoms with Gasteiger partial charge in [-0.15, -0.1) is 0 Å². The van der Waals surface area contributed by atoms with E-state index in [0.29, 0.717) is 12.3 Å². The molecule has 0 spiro atoms. The predicted molar refractivity (Wildman–Crippen MR) is 65.5 cm³/mol. The Labute approximate surface area is 105 Å². The summed E-state index contributed by atoms with van der Waals surface area (Å²) in [6, 6.07) is 3.46. The Morgan fingerprint density at radius 1 is 1.39 bits per heavy atom. The number of ketones is 1. The number of benzene rings is 1. The van der Waals surface area contributed by atoms with Gasteiger partial charge in [0.25, 0.3) is 0 Å². The first-order valence-electron chi connectivity index (χ1n) is 6.28. The SMILES string of the molecule is CC1CCNC(CC(=O)c2ccc(F)c(F)c2)C1. The van der Waals surface area contributed by atoms with E-state index in [9.17, 15) is 13.6 Å². The molecule has 1 aliphatic rings. The molecule has 0 saturated carbocycles. The second-order valence-corrected chi connectivity index (χ2v) is 5.04. The van der Waals surface area contributed by atoms with Crippen LogP contribution in [0.15, 0.2) is 18.2 Å². The van der Waals surface area contributed by atoms with Crippen LogP contribution >= 0.6 is 0 Å². The highest BCUT2D eigenvalue weighted by Crippen LogP contribution is 2.19. The molecular weight excluding hydrogens is 236 g/mol. The maximum Gasteiger partial charge on any atom is 0.164 e. The van der Waals surface area contributed by atoms with Crippen molar-refractivity contribution in [2.24, 2.45) is 5.92 Å². The second-order valence-electron chi connectivity index (χ2n) is 5.04. The van der Waals surface area contributed by atoms with E-state index in [-0.39, 0.29) is 17.4 Å². The van der Waals surface area contributed by atoms with Crippen molar-refractivity contribution in [2.75, 3.05) is 6.54 Å². The Bertz CT molecular complexity index is 447. The van der Waals surface area contributed by atoms with Crippen molar-refractivity contribution < 1.29 is 13.6 Å². The lowest BCUT2D eigenvalue weighted by Crippen LogP contribution is -2.38. The summed E-state index contributed by atoms with van der Waals surface area (Å²) in [7, 11) is 0. The van der Waals surface area contributed by atoms with Gasteiger partial charge in [0.15, 0.2) is 17.4 Å². The average molecular weight is 253 g/mol. The van der Waals surface area contributed by atoms with Crippen molar-refractivity contribution in [3.63, 3.8) is 0 Å². The van der Waals surface area contributed by atoms with Gasteiger partial charge < -0.3 is 5.32 Å². The molecule has 0 bridgehead atoms. The molecule has 0 radical (unpaired) electrons. The lowest BCUT2D eigenvalue weighted by atomic mass is 9.90. The third-order valence-electron chi connectivity index (χ3n) is 3.43. The fourth-order valence-corrected chi connectivity index (χ4v) is 2.39. The number of nitrogens with one attached hydrogen (secondary N) is 1. The van der Waals surface area contributed by atoms with Crippen molar-refractivity contribution in [3.05, 3.63) is 35.4 Å². The minimum Gasteiger partial charge on any atom is -0.314 e. The summed E-state index contributed by atoms with van der Waals surface area (Å²) >= 11 is 0. The molecule has 2 unspecified atom stereocenters. The molecule has 2 rings (SSSR count). The van der Waals surface area contributed by atoms with E-state index in [1.54, 1.807) is 0 Å². The van der Waals surface area contributed by atoms with Crippen LogP contribution < -0.4 is 5.32 Å². The Hall–Kier alpha value is -1.29. The molecule has 1 aromatic carbocycles. The lowest BCUT2D eigenvalue weighted by molar-refractivity contribution is 0.0958. The molecule has 1 saturated heterocycles. The summed E-state index contributed by atoms with van der Waals surface area (Å²) < 4.78 is 25.8. The maximum absolute atomic E-state index is 13.0. The molecule has 4 heteroatoms. The normalized spacial score (nSPS) is 23.9. The number of piperidine rings is 1. The van der Waals surface area contributed by atoms with Gasteiger partial charge in [0, 0.05) is 18.0 Å². The molecule has 2 atom stereocenters. The third-order valence-corrected chi connectivity index (χ3v) is 3.43. The molecule has 0 aromatic heterocycles. The van der Waals surface area contributed by atoms with Gasteiger partial charge in [0.1, 0.15) is 0 Å². The van der Waals surface area contributed by atoms with Crippen LogP contribution in [0.2, 0.25) is 0 Å². The quantitative estimate of drug-likeness (QED) is 0.839. The summed E-state index contributed by atoms with van der Waals surface area (Å²) in [6.07, 6.45) is 2.42. The van der Waals surface area contributed by atoms with E-state index in [4.69, 9.17) is 0 Å². The second kappa shape index (κ2) is 5.57. The van der Waals surface area contributed by atoms with Crippen LogP contribution in [0.5, 0.6) is 0 Å². The molecular formula is C14H17F2NO. The van der Waals surface area contributed by atoms with Crippen LogP contribution in [0.4, 0.5) is 8.78 Å². The molecule has 1 aliphatic heterocycles. The number of Topliss-reactive ketones (excluding diaryl/α,β-unsaturated/α-hetero) is 1. The number of carbonyl (C=O) groups is 1. The number of rotatable bonds is 3. The van der Waals surface area contributed by atoms with E-state index < -0.39 is 11.6 Å². The first-order valence-corrected chi connectivity index (χ1v) is 6.28. The van der Waals surface area contributed by atoms with Gasteiger partial charge in [-0.1, -0.05) is 6.92 Å². The summed E-state index contributed by atoms with van der Waals surface area (Å²) in [6.45, 7) is 3.08. The van der Waals surface area contributed by atoms with Gasteiger partial charge >= 0.3 is 0 Å².